The molecule has 2 aromatic rings. The van der Waals surface area contributed by atoms with Gasteiger partial charge < -0.3 is 31.5 Å². The van der Waals surface area contributed by atoms with E-state index in [4.69, 9.17) is 9.47 Å². The van der Waals surface area contributed by atoms with Gasteiger partial charge in [-0.05, 0) is 84.9 Å². The monoisotopic (exact) mass is 517 g/mol. The highest BCUT2D eigenvalue weighted by Crippen LogP contribution is 2.36. The minimum atomic E-state index is -0.497. The smallest absolute Gasteiger partial charge is 0.137 e. The highest BCUT2D eigenvalue weighted by Gasteiger charge is 2.32. The molecule has 5 heteroatoms. The number of ether oxygens (including phenoxy) is 2. The lowest BCUT2D eigenvalue weighted by atomic mass is 9.72. The SMILES string of the molecule is COc1ccc(C[N+]2(CC(O)COc3ccc(C(C)(C)CC(C)(C)C)cc3)CCCCCC2)cc1.[Cl-]. The van der Waals surface area contributed by atoms with Gasteiger partial charge in [0.2, 0.25) is 0 Å². The number of hydrogen-bond donors (Lipinski definition) is 1. The largest absolute Gasteiger partial charge is 1.00 e. The molecule has 1 aliphatic rings. The zero-order chi connectivity index (χ0) is 25.5. The highest BCUT2D eigenvalue weighted by molar-refractivity contribution is 5.32. The number of methoxy groups -OCH3 is 1. The Balaban J connectivity index is 0.00000456. The van der Waals surface area contributed by atoms with Gasteiger partial charge in [-0.15, -0.1) is 0 Å². The van der Waals surface area contributed by atoms with Gasteiger partial charge in [0.05, 0.1) is 20.2 Å². The summed E-state index contributed by atoms with van der Waals surface area (Å²) in [6, 6.07) is 16.9. The summed E-state index contributed by atoms with van der Waals surface area (Å²) in [5.74, 6) is 1.72. The zero-order valence-electron chi connectivity index (χ0n) is 23.4. The Hall–Kier alpha value is -1.75. The average molecular weight is 518 g/mol. The minimum absolute atomic E-state index is 0. The first kappa shape index (κ1) is 30.5. The summed E-state index contributed by atoms with van der Waals surface area (Å²) in [6.07, 6.45) is 5.63. The van der Waals surface area contributed by atoms with Crippen molar-refractivity contribution < 1.29 is 31.5 Å². The van der Waals surface area contributed by atoms with Crippen LogP contribution in [0.2, 0.25) is 0 Å². The summed E-state index contributed by atoms with van der Waals surface area (Å²) in [5, 5.41) is 11.0. The predicted molar refractivity (Wildman–Crippen MR) is 145 cm³/mol. The molecule has 1 saturated heterocycles. The zero-order valence-corrected chi connectivity index (χ0v) is 24.1. The number of benzene rings is 2. The Morgan fingerprint density at radius 1 is 0.833 bits per heavy atom. The van der Waals surface area contributed by atoms with E-state index in [1.165, 1.54) is 36.8 Å². The van der Waals surface area contributed by atoms with Crippen LogP contribution in [0.4, 0.5) is 0 Å². The van der Waals surface area contributed by atoms with Crippen LogP contribution in [0.25, 0.3) is 0 Å². The van der Waals surface area contributed by atoms with Crippen LogP contribution >= 0.6 is 0 Å². The second kappa shape index (κ2) is 13.2. The fourth-order valence-electron chi connectivity index (χ4n) is 6.01. The molecule has 0 radical (unpaired) electrons. The molecule has 0 aromatic heterocycles. The lowest BCUT2D eigenvalue weighted by Gasteiger charge is -2.39. The van der Waals surface area contributed by atoms with Crippen LogP contribution in [0.15, 0.2) is 48.5 Å². The number of rotatable bonds is 10. The van der Waals surface area contributed by atoms with Crippen LogP contribution in [0.3, 0.4) is 0 Å². The molecule has 0 bridgehead atoms. The second-order valence-electron chi connectivity index (χ2n) is 12.5. The van der Waals surface area contributed by atoms with Crippen LogP contribution in [-0.4, -0.2) is 49.0 Å². The van der Waals surface area contributed by atoms with Gasteiger partial charge in [0, 0.05) is 5.56 Å². The fraction of sp³-hybridized carbons (Fsp3) is 0.613. The van der Waals surface area contributed by atoms with Gasteiger partial charge in [0.1, 0.15) is 37.3 Å². The molecule has 2 aromatic carbocycles. The second-order valence-corrected chi connectivity index (χ2v) is 12.5. The molecule has 0 amide bonds. The van der Waals surface area contributed by atoms with E-state index in [1.54, 1.807) is 7.11 Å². The van der Waals surface area contributed by atoms with Crippen LogP contribution < -0.4 is 21.9 Å². The first-order chi connectivity index (χ1) is 16.5. The molecule has 1 aliphatic heterocycles. The predicted octanol–water partition coefficient (Wildman–Crippen LogP) is 3.74. The Labute approximate surface area is 226 Å². The Morgan fingerprint density at radius 3 is 1.92 bits per heavy atom. The lowest BCUT2D eigenvalue weighted by molar-refractivity contribution is -0.942. The molecule has 1 fully saturated rings. The lowest BCUT2D eigenvalue weighted by Crippen LogP contribution is -3.00. The maximum Gasteiger partial charge on any atom is 0.137 e. The fourth-order valence-corrected chi connectivity index (χ4v) is 6.01. The van der Waals surface area contributed by atoms with Gasteiger partial charge in [-0.1, -0.05) is 46.8 Å². The molecule has 36 heavy (non-hydrogen) atoms. The first-order valence-corrected chi connectivity index (χ1v) is 13.4. The molecule has 1 atom stereocenters. The number of aliphatic hydroxyl groups is 1. The van der Waals surface area contributed by atoms with Crippen LogP contribution in [0.5, 0.6) is 11.5 Å². The molecular weight excluding hydrogens is 470 g/mol. The van der Waals surface area contributed by atoms with Gasteiger partial charge in [-0.2, -0.15) is 0 Å². The van der Waals surface area contributed by atoms with Crippen molar-refractivity contribution in [2.24, 2.45) is 5.41 Å². The average Bonchev–Trinajstić information content (AvgIpc) is 3.02. The maximum atomic E-state index is 11.0. The molecule has 202 valence electrons. The van der Waals surface area contributed by atoms with E-state index >= 15 is 0 Å². The van der Waals surface area contributed by atoms with E-state index in [9.17, 15) is 5.11 Å². The number of likely N-dealkylation sites (tertiary alicyclic amines) is 1. The van der Waals surface area contributed by atoms with Crippen molar-refractivity contribution in [3.05, 3.63) is 59.7 Å². The minimum Gasteiger partial charge on any atom is -1.00 e. The molecule has 3 rings (SSSR count). The summed E-state index contributed by atoms with van der Waals surface area (Å²) < 4.78 is 12.3. The van der Waals surface area contributed by atoms with Crippen molar-refractivity contribution in [2.45, 2.75) is 84.8 Å². The quantitative estimate of drug-likeness (QED) is 0.488. The van der Waals surface area contributed by atoms with Crippen LogP contribution in [-0.2, 0) is 12.0 Å². The van der Waals surface area contributed by atoms with Gasteiger partial charge in [-0.3, -0.25) is 0 Å². The van der Waals surface area contributed by atoms with E-state index in [0.717, 1.165) is 48.6 Å². The number of hydrogen-bond acceptors (Lipinski definition) is 3. The highest BCUT2D eigenvalue weighted by atomic mass is 35.5. The number of quaternary nitrogens is 1. The summed E-state index contributed by atoms with van der Waals surface area (Å²) >= 11 is 0. The summed E-state index contributed by atoms with van der Waals surface area (Å²) in [5.41, 5.74) is 3.02. The van der Waals surface area contributed by atoms with Crippen molar-refractivity contribution in [1.29, 1.82) is 0 Å². The third-order valence-corrected chi connectivity index (χ3v) is 7.34. The number of nitrogens with zero attached hydrogens (tertiary/aromatic N) is 1. The molecule has 4 nitrogen and oxygen atoms in total. The molecule has 0 saturated carbocycles. The standard InChI is InChI=1S/C31H48NO3.ClH/c1-30(2,3)24-31(4,5)26-13-17-29(18-14-26)35-23-27(33)22-32(19-9-7-8-10-20-32)21-25-11-15-28(34-6)16-12-25;/h11-18,27,33H,7-10,19-24H2,1-6H3;1H/q+1;/p-1. The van der Waals surface area contributed by atoms with Gasteiger partial charge in [0.25, 0.3) is 0 Å². The first-order valence-electron chi connectivity index (χ1n) is 13.4. The molecule has 0 spiro atoms. The molecule has 1 unspecified atom stereocenters. The van der Waals surface area contributed by atoms with Gasteiger partial charge >= 0.3 is 0 Å². The van der Waals surface area contributed by atoms with E-state index in [2.05, 4.69) is 71.0 Å². The molecule has 1 heterocycles. The van der Waals surface area contributed by atoms with Crippen molar-refractivity contribution in [3.63, 3.8) is 0 Å². The third-order valence-electron chi connectivity index (χ3n) is 7.34. The van der Waals surface area contributed by atoms with E-state index in [-0.39, 0.29) is 23.2 Å². The third kappa shape index (κ3) is 9.28. The van der Waals surface area contributed by atoms with E-state index in [1.807, 2.05) is 12.1 Å². The summed E-state index contributed by atoms with van der Waals surface area (Å²) in [4.78, 5) is 0. The Bertz CT molecular complexity index is 895. The van der Waals surface area contributed by atoms with Crippen molar-refractivity contribution in [3.8, 4) is 11.5 Å². The van der Waals surface area contributed by atoms with Crippen LogP contribution in [0.1, 0.15) is 77.8 Å². The van der Waals surface area contributed by atoms with Gasteiger partial charge in [0.15, 0.2) is 0 Å². The Kier molecular flexibility index (Phi) is 11.1. The Morgan fingerprint density at radius 2 is 1.39 bits per heavy atom. The normalized spacial score (nSPS) is 17.0. The number of aliphatic hydroxyl groups excluding tert-OH is 1. The maximum absolute atomic E-state index is 11.0. The molecular formula is C31H48ClNO3. The molecule has 0 aliphatic carbocycles. The van der Waals surface area contributed by atoms with Gasteiger partial charge in [-0.25, -0.2) is 0 Å². The van der Waals surface area contributed by atoms with E-state index in [0.29, 0.717) is 6.61 Å². The summed E-state index contributed by atoms with van der Waals surface area (Å²) in [6.45, 7) is 15.7. The van der Waals surface area contributed by atoms with Crippen molar-refractivity contribution in [1.82, 2.24) is 0 Å². The number of halogens is 1. The van der Waals surface area contributed by atoms with Crippen molar-refractivity contribution in [2.75, 3.05) is 33.4 Å². The van der Waals surface area contributed by atoms with Crippen LogP contribution in [0, 0.1) is 5.41 Å². The van der Waals surface area contributed by atoms with Crippen molar-refractivity contribution >= 4 is 0 Å². The summed E-state index contributed by atoms with van der Waals surface area (Å²) in [7, 11) is 1.70. The molecule has 1 N–H and O–H groups in total. The van der Waals surface area contributed by atoms with E-state index < -0.39 is 6.10 Å². The topological polar surface area (TPSA) is 38.7 Å².